The maximum absolute atomic E-state index is 6.04. The molecular formula is C18H20N2. The summed E-state index contributed by atoms with van der Waals surface area (Å²) < 4.78 is 0. The highest BCUT2D eigenvalue weighted by Crippen LogP contribution is 2.30. The molecule has 1 atom stereocenters. The number of aromatic amines is 1. The van der Waals surface area contributed by atoms with Crippen molar-refractivity contribution in [1.82, 2.24) is 4.98 Å². The van der Waals surface area contributed by atoms with Crippen LogP contribution >= 0.6 is 0 Å². The number of H-pyrrole nitrogens is 1. The Morgan fingerprint density at radius 2 is 1.80 bits per heavy atom. The van der Waals surface area contributed by atoms with E-state index in [1.165, 1.54) is 27.6 Å². The molecule has 0 aliphatic rings. The first kappa shape index (κ1) is 12.9. The second-order valence-corrected chi connectivity index (χ2v) is 5.17. The number of rotatable bonds is 4. The van der Waals surface area contributed by atoms with Crippen LogP contribution in [0.3, 0.4) is 0 Å². The molecule has 0 aliphatic heterocycles. The summed E-state index contributed by atoms with van der Waals surface area (Å²) in [6.45, 7) is 2.79. The molecule has 102 valence electrons. The van der Waals surface area contributed by atoms with Crippen LogP contribution in [-0.4, -0.2) is 11.5 Å². The van der Waals surface area contributed by atoms with Gasteiger partial charge in [0.25, 0.3) is 0 Å². The van der Waals surface area contributed by atoms with Crippen LogP contribution in [0.15, 0.2) is 54.7 Å². The summed E-state index contributed by atoms with van der Waals surface area (Å²) in [6.07, 6.45) is 3.16. The molecule has 1 heterocycles. The van der Waals surface area contributed by atoms with Crippen LogP contribution in [0.5, 0.6) is 0 Å². The van der Waals surface area contributed by atoms with Gasteiger partial charge in [-0.2, -0.15) is 0 Å². The van der Waals surface area contributed by atoms with Crippen LogP contribution in [0.25, 0.3) is 10.9 Å². The van der Waals surface area contributed by atoms with Gasteiger partial charge in [-0.25, -0.2) is 0 Å². The maximum Gasteiger partial charge on any atom is 0.0457 e. The second-order valence-electron chi connectivity index (χ2n) is 5.17. The number of aryl methyl sites for hydroxylation is 1. The van der Waals surface area contributed by atoms with E-state index in [1.54, 1.807) is 0 Å². The van der Waals surface area contributed by atoms with Crippen LogP contribution in [-0.2, 0) is 6.42 Å². The zero-order chi connectivity index (χ0) is 13.9. The predicted molar refractivity (Wildman–Crippen MR) is 85.0 cm³/mol. The lowest BCUT2D eigenvalue weighted by Crippen LogP contribution is -2.13. The number of nitrogens with two attached hydrogens (primary N) is 1. The fourth-order valence-corrected chi connectivity index (χ4v) is 2.81. The van der Waals surface area contributed by atoms with Gasteiger partial charge in [0.15, 0.2) is 0 Å². The zero-order valence-electron chi connectivity index (χ0n) is 11.8. The van der Waals surface area contributed by atoms with Crippen molar-refractivity contribution in [2.45, 2.75) is 19.3 Å². The first-order valence-electron chi connectivity index (χ1n) is 7.18. The molecule has 3 rings (SSSR count). The van der Waals surface area contributed by atoms with E-state index >= 15 is 0 Å². The first-order chi connectivity index (χ1) is 9.83. The maximum atomic E-state index is 6.04. The molecule has 20 heavy (non-hydrogen) atoms. The van der Waals surface area contributed by atoms with E-state index < -0.39 is 0 Å². The second kappa shape index (κ2) is 5.51. The van der Waals surface area contributed by atoms with E-state index in [4.69, 9.17) is 5.73 Å². The fraction of sp³-hybridized carbons (Fsp3) is 0.222. The van der Waals surface area contributed by atoms with Crippen LogP contribution in [0.4, 0.5) is 0 Å². The third kappa shape index (κ3) is 2.23. The standard InChI is InChI=1S/C18H20N2/c1-2-13-7-9-14(10-8-13)16(11-19)17-12-20-18-6-4-3-5-15(17)18/h3-10,12,16,20H,2,11,19H2,1H3/t16-/m1/s1. The van der Waals surface area contributed by atoms with E-state index in [0.717, 1.165) is 6.42 Å². The molecule has 0 bridgehead atoms. The minimum atomic E-state index is 0.247. The Balaban J connectivity index is 2.04. The summed E-state index contributed by atoms with van der Waals surface area (Å²) in [5, 5.41) is 1.27. The van der Waals surface area contributed by atoms with Gasteiger partial charge in [-0.1, -0.05) is 49.4 Å². The summed E-state index contributed by atoms with van der Waals surface area (Å²) in [7, 11) is 0. The molecule has 0 fully saturated rings. The Bertz CT molecular complexity index is 695. The van der Waals surface area contributed by atoms with Gasteiger partial charge in [0.05, 0.1) is 0 Å². The van der Waals surface area contributed by atoms with Crippen LogP contribution in [0.1, 0.15) is 29.5 Å². The number of aromatic nitrogens is 1. The van der Waals surface area contributed by atoms with E-state index in [9.17, 15) is 0 Å². The zero-order valence-corrected chi connectivity index (χ0v) is 11.8. The van der Waals surface area contributed by atoms with E-state index in [1.807, 2.05) is 0 Å². The Hall–Kier alpha value is -2.06. The average Bonchev–Trinajstić information content (AvgIpc) is 2.93. The van der Waals surface area contributed by atoms with Gasteiger partial charge < -0.3 is 10.7 Å². The molecule has 2 aromatic carbocycles. The van der Waals surface area contributed by atoms with Crippen molar-refractivity contribution >= 4 is 10.9 Å². The lowest BCUT2D eigenvalue weighted by molar-refractivity contribution is 0.824. The quantitative estimate of drug-likeness (QED) is 0.739. The van der Waals surface area contributed by atoms with Crippen LogP contribution in [0.2, 0.25) is 0 Å². The topological polar surface area (TPSA) is 41.8 Å². The smallest absolute Gasteiger partial charge is 0.0457 e. The number of nitrogens with one attached hydrogen (secondary N) is 1. The third-order valence-corrected chi connectivity index (χ3v) is 4.02. The molecule has 0 spiro atoms. The molecule has 0 unspecified atom stereocenters. The lowest BCUT2D eigenvalue weighted by atomic mass is 9.90. The first-order valence-corrected chi connectivity index (χ1v) is 7.18. The monoisotopic (exact) mass is 264 g/mol. The molecule has 0 amide bonds. The average molecular weight is 264 g/mol. The molecule has 2 nitrogen and oxygen atoms in total. The summed E-state index contributed by atoms with van der Waals surface area (Å²) >= 11 is 0. The van der Waals surface area contributed by atoms with E-state index in [-0.39, 0.29) is 5.92 Å². The minimum absolute atomic E-state index is 0.247. The van der Waals surface area contributed by atoms with E-state index in [2.05, 4.69) is 66.6 Å². The van der Waals surface area contributed by atoms with Crippen LogP contribution < -0.4 is 5.73 Å². The summed E-state index contributed by atoms with van der Waals surface area (Å²) in [6, 6.07) is 17.2. The molecule has 0 aliphatic carbocycles. The molecule has 3 aromatic rings. The molecular weight excluding hydrogens is 244 g/mol. The molecule has 3 N–H and O–H groups in total. The summed E-state index contributed by atoms with van der Waals surface area (Å²) in [5.41, 5.74) is 11.2. The Morgan fingerprint density at radius 1 is 1.05 bits per heavy atom. The minimum Gasteiger partial charge on any atom is -0.361 e. The number of para-hydroxylation sites is 1. The molecule has 1 aromatic heterocycles. The SMILES string of the molecule is CCc1ccc([C@@H](CN)c2c[nH]c3ccccc23)cc1. The summed E-state index contributed by atoms with van der Waals surface area (Å²) in [4.78, 5) is 3.34. The van der Waals surface area contributed by atoms with Crippen molar-refractivity contribution in [2.24, 2.45) is 5.73 Å². The Labute approximate surface area is 119 Å². The summed E-state index contributed by atoms with van der Waals surface area (Å²) in [5.74, 6) is 0.247. The van der Waals surface area contributed by atoms with Crippen LogP contribution in [0, 0.1) is 0 Å². The Morgan fingerprint density at radius 3 is 2.50 bits per heavy atom. The fourth-order valence-electron chi connectivity index (χ4n) is 2.81. The van der Waals surface area contributed by atoms with Gasteiger partial charge in [0.1, 0.15) is 0 Å². The number of benzene rings is 2. The van der Waals surface area contributed by atoms with Gasteiger partial charge in [-0.3, -0.25) is 0 Å². The molecule has 0 saturated heterocycles. The lowest BCUT2D eigenvalue weighted by Gasteiger charge is -2.15. The van der Waals surface area contributed by atoms with Gasteiger partial charge >= 0.3 is 0 Å². The number of hydrogen-bond donors (Lipinski definition) is 2. The molecule has 2 heteroatoms. The predicted octanol–water partition coefficient (Wildman–Crippen LogP) is 3.82. The van der Waals surface area contributed by atoms with E-state index in [0.29, 0.717) is 6.54 Å². The van der Waals surface area contributed by atoms with Gasteiger partial charge in [-0.05, 0) is 29.2 Å². The number of fused-ring (bicyclic) bond motifs is 1. The normalized spacial score (nSPS) is 12.7. The highest BCUT2D eigenvalue weighted by Gasteiger charge is 2.16. The van der Waals surface area contributed by atoms with Crippen molar-refractivity contribution in [3.05, 3.63) is 71.4 Å². The van der Waals surface area contributed by atoms with Crippen molar-refractivity contribution in [3.8, 4) is 0 Å². The van der Waals surface area contributed by atoms with Crippen molar-refractivity contribution in [1.29, 1.82) is 0 Å². The van der Waals surface area contributed by atoms with Gasteiger partial charge in [0.2, 0.25) is 0 Å². The third-order valence-electron chi connectivity index (χ3n) is 4.02. The van der Waals surface area contributed by atoms with Crippen molar-refractivity contribution in [3.63, 3.8) is 0 Å². The van der Waals surface area contributed by atoms with Gasteiger partial charge in [0, 0.05) is 29.6 Å². The highest BCUT2D eigenvalue weighted by atomic mass is 14.7. The highest BCUT2D eigenvalue weighted by molar-refractivity contribution is 5.84. The van der Waals surface area contributed by atoms with Crippen molar-refractivity contribution in [2.75, 3.05) is 6.54 Å². The largest absolute Gasteiger partial charge is 0.361 e. The molecule has 0 radical (unpaired) electrons. The molecule has 0 saturated carbocycles. The van der Waals surface area contributed by atoms with Crippen molar-refractivity contribution < 1.29 is 0 Å². The number of hydrogen-bond acceptors (Lipinski definition) is 1. The van der Waals surface area contributed by atoms with Gasteiger partial charge in [-0.15, -0.1) is 0 Å². The Kier molecular flexibility index (Phi) is 3.57.